The van der Waals surface area contributed by atoms with E-state index in [-0.39, 0.29) is 11.7 Å². The minimum atomic E-state index is -2.36. The standard InChI is InChI=1S/C19H19O2S3.3C4H9.C2H6.Sn/c1-3-19(2)11-20-18(21-12-19)17-9-8-16(24-17)15-7-6-14(23-15)13-5-4-10-22-13;3*1-3-4-2;1-2;/h4-9,18H,3,11-12H2,1-2H3;3*1,3-4H2,2H3;1-2H3;. The molecule has 0 bridgehead atoms. The summed E-state index contributed by atoms with van der Waals surface area (Å²) in [6.45, 7) is 17.1. The summed E-state index contributed by atoms with van der Waals surface area (Å²) in [4.78, 5) is 6.76. The van der Waals surface area contributed by atoms with E-state index in [0.29, 0.717) is 0 Å². The van der Waals surface area contributed by atoms with Gasteiger partial charge in [0.1, 0.15) is 0 Å². The van der Waals surface area contributed by atoms with Gasteiger partial charge >= 0.3 is 218 Å². The van der Waals surface area contributed by atoms with E-state index >= 15 is 0 Å². The van der Waals surface area contributed by atoms with Gasteiger partial charge in [-0.05, 0) is 6.42 Å². The Morgan fingerprint density at radius 3 is 1.67 bits per heavy atom. The van der Waals surface area contributed by atoms with Crippen molar-refractivity contribution in [2.45, 2.75) is 113 Å². The first-order valence-electron chi connectivity index (χ1n) is 15.5. The number of rotatable bonds is 14. The average Bonchev–Trinajstić information content (AvgIpc) is 3.75. The SMILES string of the molecule is CC.CCC[CH2][Sn]([CH2]CCC)([CH2]CCC)[c]1ccc(-c2ccc(-c3ccc(C4OCC(C)(CC)CO4)s3)s2)s1. The van der Waals surface area contributed by atoms with Gasteiger partial charge < -0.3 is 0 Å². The molecule has 0 N–H and O–H groups in total. The van der Waals surface area contributed by atoms with Crippen LogP contribution in [-0.2, 0) is 9.47 Å². The summed E-state index contributed by atoms with van der Waals surface area (Å²) in [6, 6.07) is 14.1. The van der Waals surface area contributed by atoms with Crippen LogP contribution in [0.2, 0.25) is 13.3 Å². The zero-order valence-corrected chi connectivity index (χ0v) is 30.9. The predicted molar refractivity (Wildman–Crippen MR) is 180 cm³/mol. The Balaban J connectivity index is 0.00000205. The molecule has 0 unspecified atom stereocenters. The molecule has 3 aromatic rings. The van der Waals surface area contributed by atoms with E-state index < -0.39 is 18.4 Å². The maximum absolute atomic E-state index is 6.11. The van der Waals surface area contributed by atoms with Crippen molar-refractivity contribution in [1.82, 2.24) is 0 Å². The van der Waals surface area contributed by atoms with Gasteiger partial charge in [0.2, 0.25) is 0 Å². The summed E-state index contributed by atoms with van der Waals surface area (Å²) in [7, 11) is 0. The average molecular weight is 696 g/mol. The molecular formula is C33H52O2S3Sn. The van der Waals surface area contributed by atoms with Gasteiger partial charge in [-0.2, -0.15) is 0 Å². The number of unbranched alkanes of at least 4 members (excludes halogenated alkanes) is 3. The monoisotopic (exact) mass is 696 g/mol. The summed E-state index contributed by atoms with van der Waals surface area (Å²) in [5.74, 6) is 0. The topological polar surface area (TPSA) is 18.5 Å². The molecule has 0 aliphatic carbocycles. The van der Waals surface area contributed by atoms with Gasteiger partial charge in [0.25, 0.3) is 0 Å². The first kappa shape index (κ1) is 33.3. The normalized spacial score (nSPS) is 19.6. The molecule has 1 aliphatic rings. The third-order valence-electron chi connectivity index (χ3n) is 8.13. The van der Waals surface area contributed by atoms with Gasteiger partial charge in [-0.25, -0.2) is 0 Å². The van der Waals surface area contributed by atoms with Crippen LogP contribution < -0.4 is 2.89 Å². The molecule has 0 saturated carbocycles. The van der Waals surface area contributed by atoms with Crippen LogP contribution in [0.1, 0.15) is 105 Å². The molecular weight excluding hydrogens is 643 g/mol. The van der Waals surface area contributed by atoms with E-state index in [1.54, 1.807) is 13.3 Å². The Hall–Kier alpha value is -0.181. The van der Waals surface area contributed by atoms with Gasteiger partial charge in [-0.3, -0.25) is 0 Å². The second-order valence-electron chi connectivity index (χ2n) is 11.2. The minimum absolute atomic E-state index is 0.143. The predicted octanol–water partition coefficient (Wildman–Crippen LogP) is 11.7. The summed E-state index contributed by atoms with van der Waals surface area (Å²) < 4.78 is 18.7. The Labute approximate surface area is 255 Å². The van der Waals surface area contributed by atoms with Crippen LogP contribution >= 0.6 is 34.0 Å². The summed E-state index contributed by atoms with van der Waals surface area (Å²) in [5.41, 5.74) is 0.143. The molecule has 6 heteroatoms. The molecule has 0 radical (unpaired) electrons. The summed E-state index contributed by atoms with van der Waals surface area (Å²) >= 11 is 3.56. The van der Waals surface area contributed by atoms with Crippen molar-refractivity contribution in [2.24, 2.45) is 5.41 Å². The number of thiophene rings is 3. The third kappa shape index (κ3) is 8.67. The molecule has 0 spiro atoms. The van der Waals surface area contributed by atoms with Crippen LogP contribution in [0, 0.1) is 5.41 Å². The summed E-state index contributed by atoms with van der Waals surface area (Å²) in [6.07, 6.45) is 9.14. The van der Waals surface area contributed by atoms with Gasteiger partial charge in [0.05, 0.1) is 0 Å². The first-order valence-corrected chi connectivity index (χ1v) is 25.4. The molecule has 0 aromatic carbocycles. The Bertz CT molecular complexity index is 1070. The van der Waals surface area contributed by atoms with Crippen molar-refractivity contribution < 1.29 is 9.47 Å². The fraction of sp³-hybridized carbons (Fsp3) is 0.636. The molecule has 1 saturated heterocycles. The molecule has 3 aromatic heterocycles. The van der Waals surface area contributed by atoms with Gasteiger partial charge in [-0.15, -0.1) is 0 Å². The molecule has 4 rings (SSSR count). The molecule has 1 aliphatic heterocycles. The Kier molecular flexibility index (Phi) is 14.1. The van der Waals surface area contributed by atoms with Crippen LogP contribution in [0.25, 0.3) is 19.5 Å². The van der Waals surface area contributed by atoms with E-state index in [1.165, 1.54) is 62.9 Å². The van der Waals surface area contributed by atoms with Crippen molar-refractivity contribution in [3.05, 3.63) is 41.3 Å². The van der Waals surface area contributed by atoms with Crippen LogP contribution in [0.5, 0.6) is 0 Å². The number of ether oxygens (including phenoxy) is 2. The van der Waals surface area contributed by atoms with E-state index in [0.717, 1.165) is 19.6 Å². The van der Waals surface area contributed by atoms with E-state index in [1.807, 2.05) is 39.4 Å². The van der Waals surface area contributed by atoms with Crippen LogP contribution in [0.3, 0.4) is 0 Å². The number of hydrogen-bond donors (Lipinski definition) is 0. The van der Waals surface area contributed by atoms with Crippen LogP contribution in [0.15, 0.2) is 36.4 Å². The van der Waals surface area contributed by atoms with E-state index in [4.69, 9.17) is 9.47 Å². The van der Waals surface area contributed by atoms with Crippen LogP contribution in [-0.4, -0.2) is 31.6 Å². The molecule has 0 amide bonds. The first-order chi connectivity index (χ1) is 19.0. The van der Waals surface area contributed by atoms with Crippen molar-refractivity contribution >= 4 is 55.3 Å². The molecule has 218 valence electrons. The fourth-order valence-electron chi connectivity index (χ4n) is 5.27. The maximum atomic E-state index is 6.11. The Morgan fingerprint density at radius 1 is 0.692 bits per heavy atom. The van der Waals surface area contributed by atoms with Gasteiger partial charge in [-0.1, -0.05) is 27.7 Å². The quantitative estimate of drug-likeness (QED) is 0.156. The van der Waals surface area contributed by atoms with Crippen molar-refractivity contribution in [3.63, 3.8) is 0 Å². The van der Waals surface area contributed by atoms with Gasteiger partial charge in [0.15, 0.2) is 0 Å². The molecule has 2 nitrogen and oxygen atoms in total. The van der Waals surface area contributed by atoms with Gasteiger partial charge in [0, 0.05) is 5.41 Å². The van der Waals surface area contributed by atoms with E-state index in [9.17, 15) is 0 Å². The van der Waals surface area contributed by atoms with Crippen molar-refractivity contribution in [3.8, 4) is 19.5 Å². The molecule has 1 fully saturated rings. The second-order valence-corrected chi connectivity index (χ2v) is 28.7. The molecule has 4 heterocycles. The molecule has 39 heavy (non-hydrogen) atoms. The number of hydrogen-bond acceptors (Lipinski definition) is 5. The zero-order chi connectivity index (χ0) is 28.3. The van der Waals surface area contributed by atoms with Crippen LogP contribution in [0.4, 0.5) is 0 Å². The second kappa shape index (κ2) is 16.5. The third-order valence-corrected chi connectivity index (χ3v) is 30.1. The van der Waals surface area contributed by atoms with Crippen molar-refractivity contribution in [1.29, 1.82) is 0 Å². The van der Waals surface area contributed by atoms with E-state index in [2.05, 4.69) is 82.4 Å². The van der Waals surface area contributed by atoms with Crippen molar-refractivity contribution in [2.75, 3.05) is 13.2 Å². The zero-order valence-electron chi connectivity index (χ0n) is 25.6. The summed E-state index contributed by atoms with van der Waals surface area (Å²) in [5, 5.41) is 0. The fourth-order valence-corrected chi connectivity index (χ4v) is 27.6. The Morgan fingerprint density at radius 2 is 1.15 bits per heavy atom. The molecule has 0 atom stereocenters.